The van der Waals surface area contributed by atoms with Crippen molar-refractivity contribution in [3.8, 4) is 0 Å². The molecule has 1 fully saturated rings. The summed E-state index contributed by atoms with van der Waals surface area (Å²) < 4.78 is 3.34. The molecule has 1 aromatic carbocycles. The predicted octanol–water partition coefficient (Wildman–Crippen LogP) is 4.61. The molecule has 0 amide bonds. The normalized spacial score (nSPS) is 15.2. The van der Waals surface area contributed by atoms with Crippen LogP contribution in [0, 0.1) is 6.92 Å². The molecule has 3 rings (SSSR count). The molecule has 0 aliphatic carbocycles. The fourth-order valence-corrected chi connectivity index (χ4v) is 2.97. The summed E-state index contributed by atoms with van der Waals surface area (Å²) in [5, 5.41) is 1.31. The molecule has 2 nitrogen and oxygen atoms in total. The Kier molecular flexibility index (Phi) is 5.44. The van der Waals surface area contributed by atoms with Crippen molar-refractivity contribution in [2.45, 2.75) is 26.3 Å². The van der Waals surface area contributed by atoms with Gasteiger partial charge < -0.3 is 9.47 Å². The standard InChI is InChI=1S/C12H12BrN.C5H11N/c1-3-6-14-8-9(2)11-7-10(13)4-5-12(11)14;1-6-4-2-3-5-6/h3-5,7-8H,1,6H2,2H3;2-5H2,1H3. The van der Waals surface area contributed by atoms with Crippen LogP contribution < -0.4 is 0 Å². The Morgan fingerprint density at radius 2 is 2.00 bits per heavy atom. The first-order valence-corrected chi connectivity index (χ1v) is 7.95. The Balaban J connectivity index is 0.000000205. The number of hydrogen-bond donors (Lipinski definition) is 0. The molecule has 1 aromatic heterocycles. The number of likely N-dealkylation sites (tertiary alicyclic amines) is 1. The maximum atomic E-state index is 3.76. The summed E-state index contributed by atoms with van der Waals surface area (Å²) >= 11 is 3.49. The second-order valence-electron chi connectivity index (χ2n) is 5.43. The summed E-state index contributed by atoms with van der Waals surface area (Å²) in [6.45, 7) is 9.40. The molecule has 3 heteroatoms. The molecule has 0 spiro atoms. The Morgan fingerprint density at radius 1 is 1.30 bits per heavy atom. The molecular formula is C17H23BrN2. The lowest BCUT2D eigenvalue weighted by Crippen LogP contribution is -2.10. The van der Waals surface area contributed by atoms with Crippen molar-refractivity contribution in [3.63, 3.8) is 0 Å². The van der Waals surface area contributed by atoms with Gasteiger partial charge in [-0.1, -0.05) is 22.0 Å². The van der Waals surface area contributed by atoms with E-state index in [1.165, 1.54) is 42.4 Å². The lowest BCUT2D eigenvalue weighted by Gasteiger charge is -2.01. The molecule has 2 aromatic rings. The second-order valence-corrected chi connectivity index (χ2v) is 6.34. The first-order valence-electron chi connectivity index (χ1n) is 7.16. The van der Waals surface area contributed by atoms with Gasteiger partial charge in [0.15, 0.2) is 0 Å². The van der Waals surface area contributed by atoms with Gasteiger partial charge >= 0.3 is 0 Å². The van der Waals surface area contributed by atoms with Gasteiger partial charge in [-0.15, -0.1) is 6.58 Å². The number of rotatable bonds is 2. The molecule has 1 aliphatic rings. The van der Waals surface area contributed by atoms with Crippen molar-refractivity contribution in [3.05, 3.63) is 47.1 Å². The van der Waals surface area contributed by atoms with E-state index >= 15 is 0 Å². The molecule has 108 valence electrons. The van der Waals surface area contributed by atoms with E-state index in [2.05, 4.69) is 70.3 Å². The van der Waals surface area contributed by atoms with Crippen LogP contribution in [0.25, 0.3) is 10.9 Å². The maximum absolute atomic E-state index is 3.76. The van der Waals surface area contributed by atoms with Gasteiger partial charge in [-0.3, -0.25) is 0 Å². The summed E-state index contributed by atoms with van der Waals surface area (Å²) in [7, 11) is 2.17. The van der Waals surface area contributed by atoms with E-state index in [4.69, 9.17) is 0 Å². The minimum absolute atomic E-state index is 0.867. The summed E-state index contributed by atoms with van der Waals surface area (Å²) in [5.41, 5.74) is 2.58. The van der Waals surface area contributed by atoms with Crippen LogP contribution in [0.15, 0.2) is 41.5 Å². The molecule has 20 heavy (non-hydrogen) atoms. The minimum atomic E-state index is 0.867. The topological polar surface area (TPSA) is 8.17 Å². The number of aromatic nitrogens is 1. The average molecular weight is 335 g/mol. The number of nitrogens with zero attached hydrogens (tertiary/aromatic N) is 2. The van der Waals surface area contributed by atoms with Gasteiger partial charge in [0.25, 0.3) is 0 Å². The molecule has 2 heterocycles. The van der Waals surface area contributed by atoms with Gasteiger partial charge in [-0.25, -0.2) is 0 Å². The van der Waals surface area contributed by atoms with Gasteiger partial charge in [-0.05, 0) is 63.7 Å². The molecule has 1 saturated heterocycles. The van der Waals surface area contributed by atoms with Gasteiger partial charge in [0.1, 0.15) is 0 Å². The van der Waals surface area contributed by atoms with Crippen LogP contribution in [0.4, 0.5) is 0 Å². The molecule has 0 N–H and O–H groups in total. The Labute approximate surface area is 130 Å². The second kappa shape index (κ2) is 7.09. The molecule has 1 aliphatic heterocycles. The summed E-state index contributed by atoms with van der Waals surface area (Å²) in [4.78, 5) is 2.36. The lowest BCUT2D eigenvalue weighted by molar-refractivity contribution is 0.418. The summed E-state index contributed by atoms with van der Waals surface area (Å²) in [5.74, 6) is 0. The predicted molar refractivity (Wildman–Crippen MR) is 91.3 cm³/mol. The molecule has 0 atom stereocenters. The third-order valence-electron chi connectivity index (χ3n) is 3.70. The molecular weight excluding hydrogens is 312 g/mol. The fraction of sp³-hybridized carbons (Fsp3) is 0.412. The van der Waals surface area contributed by atoms with E-state index in [1.54, 1.807) is 0 Å². The highest BCUT2D eigenvalue weighted by Gasteiger charge is 2.04. The minimum Gasteiger partial charge on any atom is -0.343 e. The number of allylic oxidation sites excluding steroid dienone is 1. The zero-order valence-electron chi connectivity index (χ0n) is 12.4. The SMILES string of the molecule is C=CCn1cc(C)c2cc(Br)ccc21.CN1CCCC1. The zero-order chi connectivity index (χ0) is 14.5. The van der Waals surface area contributed by atoms with Crippen LogP contribution in [-0.4, -0.2) is 29.6 Å². The summed E-state index contributed by atoms with van der Waals surface area (Å²) in [6, 6.07) is 6.36. The van der Waals surface area contributed by atoms with E-state index in [0.29, 0.717) is 0 Å². The molecule has 0 unspecified atom stereocenters. The van der Waals surface area contributed by atoms with Gasteiger partial charge in [0.2, 0.25) is 0 Å². The highest BCUT2D eigenvalue weighted by Crippen LogP contribution is 2.24. The Bertz CT molecular complexity index is 580. The third kappa shape index (κ3) is 3.74. The van der Waals surface area contributed by atoms with E-state index < -0.39 is 0 Å². The number of fused-ring (bicyclic) bond motifs is 1. The maximum Gasteiger partial charge on any atom is 0.0486 e. The van der Waals surface area contributed by atoms with Gasteiger partial charge in [-0.2, -0.15) is 0 Å². The smallest absolute Gasteiger partial charge is 0.0486 e. The highest BCUT2D eigenvalue weighted by atomic mass is 79.9. The van der Waals surface area contributed by atoms with Crippen molar-refractivity contribution >= 4 is 26.8 Å². The Hall–Kier alpha value is -1.06. The van der Waals surface area contributed by atoms with Crippen LogP contribution in [0.3, 0.4) is 0 Å². The van der Waals surface area contributed by atoms with E-state index in [0.717, 1.165) is 11.0 Å². The van der Waals surface area contributed by atoms with E-state index in [1.807, 2.05) is 6.08 Å². The van der Waals surface area contributed by atoms with Gasteiger partial charge in [0.05, 0.1) is 0 Å². The lowest BCUT2D eigenvalue weighted by atomic mass is 10.2. The van der Waals surface area contributed by atoms with Crippen molar-refractivity contribution in [2.24, 2.45) is 0 Å². The van der Waals surface area contributed by atoms with Crippen molar-refractivity contribution in [1.29, 1.82) is 0 Å². The number of halogens is 1. The third-order valence-corrected chi connectivity index (χ3v) is 4.19. The van der Waals surface area contributed by atoms with E-state index in [-0.39, 0.29) is 0 Å². The van der Waals surface area contributed by atoms with E-state index in [9.17, 15) is 0 Å². The fourth-order valence-electron chi connectivity index (χ4n) is 2.61. The van der Waals surface area contributed by atoms with Crippen molar-refractivity contribution in [2.75, 3.05) is 20.1 Å². The highest BCUT2D eigenvalue weighted by molar-refractivity contribution is 9.10. The van der Waals surface area contributed by atoms with Crippen molar-refractivity contribution < 1.29 is 0 Å². The van der Waals surface area contributed by atoms with Crippen LogP contribution in [0.2, 0.25) is 0 Å². The number of aryl methyl sites for hydroxylation is 1. The first kappa shape index (κ1) is 15.3. The summed E-state index contributed by atoms with van der Waals surface area (Å²) in [6.07, 6.45) is 6.91. The largest absolute Gasteiger partial charge is 0.343 e. The van der Waals surface area contributed by atoms with Gasteiger partial charge in [0, 0.05) is 28.1 Å². The first-order chi connectivity index (χ1) is 9.61. The van der Waals surface area contributed by atoms with Crippen LogP contribution in [-0.2, 0) is 6.54 Å². The van der Waals surface area contributed by atoms with Crippen molar-refractivity contribution in [1.82, 2.24) is 9.47 Å². The molecule has 0 bridgehead atoms. The average Bonchev–Trinajstić information content (AvgIpc) is 3.00. The number of benzene rings is 1. The van der Waals surface area contributed by atoms with Crippen LogP contribution in [0.1, 0.15) is 18.4 Å². The molecule has 0 radical (unpaired) electrons. The monoisotopic (exact) mass is 334 g/mol. The molecule has 0 saturated carbocycles. The van der Waals surface area contributed by atoms with Crippen LogP contribution >= 0.6 is 15.9 Å². The quantitative estimate of drug-likeness (QED) is 0.728. The number of hydrogen-bond acceptors (Lipinski definition) is 1. The Morgan fingerprint density at radius 3 is 2.55 bits per heavy atom. The zero-order valence-corrected chi connectivity index (χ0v) is 14.0. The van der Waals surface area contributed by atoms with Crippen LogP contribution in [0.5, 0.6) is 0 Å².